The van der Waals surface area contributed by atoms with E-state index in [4.69, 9.17) is 93.3 Å². The van der Waals surface area contributed by atoms with Crippen molar-refractivity contribution < 1.29 is 83.0 Å². The molecule has 0 radical (unpaired) electrons. The third-order valence-electron chi connectivity index (χ3n) is 15.3. The molecule has 6 aromatic rings. The average Bonchev–Trinajstić information content (AvgIpc) is 1.63. The fourth-order valence-electron chi connectivity index (χ4n) is 10.9. The van der Waals surface area contributed by atoms with Gasteiger partial charge in [0, 0.05) is 80.1 Å². The Morgan fingerprint density at radius 3 is 1.12 bits per heavy atom. The van der Waals surface area contributed by atoms with E-state index >= 15 is 0 Å². The van der Waals surface area contributed by atoms with Gasteiger partial charge in [0.25, 0.3) is 0 Å². The van der Waals surface area contributed by atoms with Gasteiger partial charge in [0.15, 0.2) is 0 Å². The van der Waals surface area contributed by atoms with Crippen LogP contribution >= 0.6 is 104 Å². The van der Waals surface area contributed by atoms with Gasteiger partial charge in [0.2, 0.25) is 0 Å². The zero-order valence-corrected chi connectivity index (χ0v) is 62.1. The first-order valence-electron chi connectivity index (χ1n) is 29.6. The van der Waals surface area contributed by atoms with E-state index in [2.05, 4.69) is 28.0 Å². The maximum Gasteiger partial charge on any atom is 1.00 e. The molecule has 0 aliphatic carbocycles. The molecule has 3 aromatic heterocycles. The molecular formula is C65H71Cl6N8NaO11S3. The molecule has 6 heterocycles. The average molecular weight is 1470 g/mol. The summed E-state index contributed by atoms with van der Waals surface area (Å²) in [5.74, 6) is -2.98. The summed E-state index contributed by atoms with van der Waals surface area (Å²) < 4.78 is 27.0. The van der Waals surface area contributed by atoms with E-state index in [-0.39, 0.29) is 71.4 Å². The minimum absolute atomic E-state index is 0. The van der Waals surface area contributed by atoms with Crippen molar-refractivity contribution in [1.29, 1.82) is 15.8 Å². The van der Waals surface area contributed by atoms with E-state index in [1.54, 1.807) is 50.2 Å². The number of hydrogen-bond donors (Lipinski definition) is 1. The first-order chi connectivity index (χ1) is 44.2. The van der Waals surface area contributed by atoms with Crippen molar-refractivity contribution in [2.75, 3.05) is 148 Å². The van der Waals surface area contributed by atoms with E-state index in [0.29, 0.717) is 181 Å². The number of aldehydes is 1. The van der Waals surface area contributed by atoms with Crippen LogP contribution in [0, 0.1) is 34.0 Å². The summed E-state index contributed by atoms with van der Waals surface area (Å²) in [5.41, 5.74) is 5.53. The van der Waals surface area contributed by atoms with Gasteiger partial charge in [0.05, 0.1) is 99.7 Å². The molecule has 3 aliphatic rings. The van der Waals surface area contributed by atoms with Crippen LogP contribution in [0.3, 0.4) is 0 Å². The molecule has 19 nitrogen and oxygen atoms in total. The number of carboxylic acid groups (broad SMARTS) is 1. The van der Waals surface area contributed by atoms with E-state index in [1.807, 2.05) is 61.1 Å². The fourth-order valence-corrected chi connectivity index (χ4v) is 15.5. The Morgan fingerprint density at radius 2 is 0.840 bits per heavy atom. The quantitative estimate of drug-likeness (QED) is 0.0377. The minimum atomic E-state index is -1.03. The summed E-state index contributed by atoms with van der Waals surface area (Å²) in [6, 6.07) is 22.8. The van der Waals surface area contributed by atoms with Gasteiger partial charge in [-0.2, -0.15) is 15.8 Å². The molecule has 498 valence electrons. The summed E-state index contributed by atoms with van der Waals surface area (Å²) in [7, 11) is 7.91. The minimum Gasteiger partial charge on any atom is -0.870 e. The second-order valence-corrected chi connectivity index (χ2v) is 27.2. The summed E-state index contributed by atoms with van der Waals surface area (Å²) in [4.78, 5) is 60.8. The van der Waals surface area contributed by atoms with Gasteiger partial charge in [-0.05, 0) is 121 Å². The van der Waals surface area contributed by atoms with Gasteiger partial charge in [0.1, 0.15) is 54.1 Å². The zero-order chi connectivity index (χ0) is 66.8. The molecule has 3 aromatic carbocycles. The third kappa shape index (κ3) is 20.2. The normalized spacial score (nSPS) is 14.7. The van der Waals surface area contributed by atoms with E-state index < -0.39 is 23.8 Å². The number of thiophene rings is 3. The molecule has 94 heavy (non-hydrogen) atoms. The topological polar surface area (TPSA) is 252 Å². The Labute approximate surface area is 612 Å². The Kier molecular flexibility index (Phi) is 33.1. The van der Waals surface area contributed by atoms with E-state index in [9.17, 15) is 40.1 Å². The summed E-state index contributed by atoms with van der Waals surface area (Å²) in [6.07, 6.45) is 2.19. The van der Waals surface area contributed by atoms with Gasteiger partial charge >= 0.3 is 47.5 Å². The first-order valence-corrected chi connectivity index (χ1v) is 34.3. The number of aromatic carboxylic acids is 1. The number of esters is 2. The van der Waals surface area contributed by atoms with Crippen LogP contribution in [0.5, 0.6) is 0 Å². The number of halogens is 6. The number of hydrogen-bond acceptors (Lipinski definition) is 21. The number of ether oxygens (including phenoxy) is 5. The van der Waals surface area contributed by atoms with Crippen LogP contribution in [0.15, 0.2) is 54.6 Å². The van der Waals surface area contributed by atoms with Crippen molar-refractivity contribution >= 4 is 143 Å². The molecular weight excluding hydrogens is 1400 g/mol. The maximum absolute atomic E-state index is 13.0. The number of benzene rings is 3. The van der Waals surface area contributed by atoms with Gasteiger partial charge in [-0.25, -0.2) is 14.4 Å². The molecule has 9 rings (SSSR count). The molecule has 29 heteroatoms. The number of anilines is 3. The van der Waals surface area contributed by atoms with E-state index in [0.717, 1.165) is 35.5 Å². The molecule has 3 saturated heterocycles. The predicted octanol–water partition coefficient (Wildman–Crippen LogP) is 11.1. The predicted molar refractivity (Wildman–Crippen MR) is 369 cm³/mol. The second-order valence-electron chi connectivity index (χ2n) is 21.7. The van der Waals surface area contributed by atoms with Crippen LogP contribution in [-0.2, 0) is 28.5 Å². The molecule has 0 amide bonds. The molecule has 3 fully saturated rings. The standard InChI is InChI=1S/C23H27Cl2N3O3S.C21H23Cl2N3O3S.C21H20Cl2N2O4S.Na.H2O/c1-4-31-23(29)21-20(17(14-26)22(32-21)28-9-11-30-12-10-28)16(7-8-27(2)3)15-5-6-18(24)19(25)13-15;1-25(2)6-5-14(13-3-4-16(22)17(23)11-13)18-15(12-24)20(30-19(18)21(27)28)26-7-9-29-10-8-26;1-2-29-21(27)19-18(14(5-8-26)13-3-4-16(22)17(23)11-13)15(12-24)20(30-19)25-6-9-28-10-7-25;;/h5-6,13,16H,4,7-12H2,1-3H3;3-4,11,14H,5-10H2,1-2H3,(H,27,28);3-4,8,11,14H,2,5-7,9-10H2,1H3;;1H2/q;;;+1;/p-1. The zero-order valence-electron chi connectivity index (χ0n) is 53.1. The summed E-state index contributed by atoms with van der Waals surface area (Å²) in [6.45, 7) is 12.6. The van der Waals surface area contributed by atoms with Crippen molar-refractivity contribution in [3.63, 3.8) is 0 Å². The Bertz CT molecular complexity index is 3700. The van der Waals surface area contributed by atoms with Crippen LogP contribution in [0.4, 0.5) is 15.0 Å². The molecule has 3 unspecified atom stereocenters. The Hall–Kier alpha value is -4.79. The van der Waals surface area contributed by atoms with Gasteiger partial charge < -0.3 is 63.6 Å². The van der Waals surface area contributed by atoms with Crippen molar-refractivity contribution in [2.24, 2.45) is 0 Å². The first kappa shape index (κ1) is 79.9. The number of nitrogens with zero attached hydrogens (tertiary/aromatic N) is 8. The molecule has 0 spiro atoms. The molecule has 3 aliphatic heterocycles. The van der Waals surface area contributed by atoms with Gasteiger partial charge in [-0.15, -0.1) is 34.0 Å². The van der Waals surface area contributed by atoms with Crippen molar-refractivity contribution in [1.82, 2.24) is 9.80 Å². The largest absolute Gasteiger partial charge is 1.00 e. The smallest absolute Gasteiger partial charge is 0.870 e. The van der Waals surface area contributed by atoms with Crippen LogP contribution in [0.1, 0.15) is 130 Å². The number of nitriles is 3. The fraction of sp³-hybridized carbons (Fsp3) is 0.431. The number of carbonyl (C=O) groups excluding carboxylic acids is 3. The number of carboxylic acids is 1. The number of carbonyl (C=O) groups is 4. The molecule has 2 N–H and O–H groups in total. The summed E-state index contributed by atoms with van der Waals surface area (Å²) >= 11 is 40.8. The van der Waals surface area contributed by atoms with Gasteiger partial charge in [-0.3, -0.25) is 0 Å². The molecule has 0 bridgehead atoms. The second kappa shape index (κ2) is 39.0. The van der Waals surface area contributed by atoms with Crippen LogP contribution in [0.25, 0.3) is 0 Å². The maximum atomic E-state index is 13.0. The Morgan fingerprint density at radius 1 is 0.543 bits per heavy atom. The molecule has 3 atom stereocenters. The van der Waals surface area contributed by atoms with E-state index in [1.165, 1.54) is 34.0 Å². The number of rotatable bonds is 22. The monoisotopic (exact) mass is 1470 g/mol. The SMILES string of the molecule is CCOC(=O)c1sc(N2CCOCC2)c(C#N)c1C(CC=O)c1ccc(Cl)c(Cl)c1.CCOC(=O)c1sc(N2CCOCC2)c(C#N)c1C(CCN(C)C)c1ccc(Cl)c(Cl)c1.CN(C)CCC(c1ccc(Cl)c(Cl)c1)c1c(C(=O)O)sc(N2CCOCC2)c1C#N.[Na+].[OH-]. The van der Waals surface area contributed by atoms with Crippen LogP contribution in [0.2, 0.25) is 30.1 Å². The van der Waals surface area contributed by atoms with Crippen LogP contribution in [-0.4, -0.2) is 178 Å². The third-order valence-corrected chi connectivity index (χ3v) is 21.2. The van der Waals surface area contributed by atoms with Crippen molar-refractivity contribution in [3.05, 3.63) is 149 Å². The Balaban J connectivity index is 0.000000253. The van der Waals surface area contributed by atoms with Crippen LogP contribution < -0.4 is 44.3 Å². The van der Waals surface area contributed by atoms with Crippen molar-refractivity contribution in [3.8, 4) is 18.2 Å². The van der Waals surface area contributed by atoms with Crippen molar-refractivity contribution in [2.45, 2.75) is 50.9 Å². The number of morpholine rings is 3. The summed E-state index contributed by atoms with van der Waals surface area (Å²) in [5, 5.41) is 44.9. The van der Waals surface area contributed by atoms with Gasteiger partial charge in [-0.1, -0.05) is 87.8 Å². The molecule has 0 saturated carbocycles.